The molecule has 1 rings (SSSR count). The Morgan fingerprint density at radius 2 is 2.24 bits per heavy atom. The minimum absolute atomic E-state index is 0.0895. The predicted molar refractivity (Wildman–Crippen MR) is 63.1 cm³/mol. The molecule has 17 heavy (non-hydrogen) atoms. The molecule has 0 atom stereocenters. The minimum Gasteiger partial charge on any atom is -0.494 e. The molecule has 0 spiro atoms. The van der Waals surface area contributed by atoms with E-state index in [1.807, 2.05) is 6.07 Å². The zero-order valence-corrected chi connectivity index (χ0v) is 10.4. The van der Waals surface area contributed by atoms with Crippen molar-refractivity contribution in [2.75, 3.05) is 13.7 Å². The van der Waals surface area contributed by atoms with Crippen LogP contribution in [0, 0.1) is 11.3 Å². The molecule has 0 heterocycles. The molecule has 0 unspecified atom stereocenters. The van der Waals surface area contributed by atoms with Crippen LogP contribution in [0.3, 0.4) is 0 Å². The number of benzene rings is 1. The van der Waals surface area contributed by atoms with Gasteiger partial charge < -0.3 is 9.47 Å². The van der Waals surface area contributed by atoms with Gasteiger partial charge in [0.2, 0.25) is 0 Å². The van der Waals surface area contributed by atoms with Crippen LogP contribution >= 0.6 is 11.6 Å². The second-order valence-electron chi connectivity index (χ2n) is 3.25. The van der Waals surface area contributed by atoms with Gasteiger partial charge in [0.25, 0.3) is 0 Å². The Labute approximate surface area is 105 Å². The van der Waals surface area contributed by atoms with E-state index in [-0.39, 0.29) is 12.4 Å². The molecule has 0 saturated heterocycles. The van der Waals surface area contributed by atoms with Crippen molar-refractivity contribution in [2.24, 2.45) is 0 Å². The Morgan fingerprint density at radius 3 is 2.76 bits per heavy atom. The largest absolute Gasteiger partial charge is 0.494 e. The van der Waals surface area contributed by atoms with Crippen molar-refractivity contribution in [2.45, 2.75) is 13.3 Å². The fraction of sp³-hybridized carbons (Fsp3) is 0.333. The van der Waals surface area contributed by atoms with Crippen LogP contribution in [0.5, 0.6) is 5.75 Å². The molecule has 1 aromatic carbocycles. The predicted octanol–water partition coefficient (Wildman–Crippen LogP) is 2.33. The third-order valence-electron chi connectivity index (χ3n) is 2.08. The number of nitrogens with zero attached hydrogens (tertiary/aromatic N) is 1. The lowest BCUT2D eigenvalue weighted by molar-refractivity contribution is -0.142. The standard InChI is InChI=1S/C12H12ClNO3/c1-3-17-11(15)6-8-4-9(7-14)12(16-2)10(13)5-8/h4-5H,3,6H2,1-2H3. The van der Waals surface area contributed by atoms with Gasteiger partial charge in [0.05, 0.1) is 30.7 Å². The summed E-state index contributed by atoms with van der Waals surface area (Å²) in [5.41, 5.74) is 0.935. The fourth-order valence-electron chi connectivity index (χ4n) is 1.42. The topological polar surface area (TPSA) is 59.3 Å². The van der Waals surface area contributed by atoms with Gasteiger partial charge in [0.15, 0.2) is 5.75 Å². The first-order chi connectivity index (χ1) is 8.12. The summed E-state index contributed by atoms with van der Waals surface area (Å²) in [6, 6.07) is 5.14. The highest BCUT2D eigenvalue weighted by atomic mass is 35.5. The van der Waals surface area contributed by atoms with Gasteiger partial charge in [-0.15, -0.1) is 0 Å². The number of halogens is 1. The molecule has 0 aliphatic rings. The number of hydrogen-bond acceptors (Lipinski definition) is 4. The molecular weight excluding hydrogens is 242 g/mol. The number of methoxy groups -OCH3 is 1. The van der Waals surface area contributed by atoms with E-state index in [0.29, 0.717) is 28.5 Å². The van der Waals surface area contributed by atoms with E-state index in [1.54, 1.807) is 19.1 Å². The molecule has 0 N–H and O–H groups in total. The molecule has 5 heteroatoms. The van der Waals surface area contributed by atoms with Crippen molar-refractivity contribution >= 4 is 17.6 Å². The number of carbonyl (C=O) groups excluding carboxylic acids is 1. The molecule has 1 aromatic rings. The summed E-state index contributed by atoms with van der Waals surface area (Å²) in [6.07, 6.45) is 0.0895. The first kappa shape index (κ1) is 13.3. The number of esters is 1. The van der Waals surface area contributed by atoms with Crippen LogP contribution in [0.15, 0.2) is 12.1 Å². The maximum atomic E-state index is 11.3. The average molecular weight is 254 g/mol. The Morgan fingerprint density at radius 1 is 1.53 bits per heavy atom. The van der Waals surface area contributed by atoms with Crippen LogP contribution in [-0.4, -0.2) is 19.7 Å². The lowest BCUT2D eigenvalue weighted by Crippen LogP contribution is -2.07. The number of hydrogen-bond donors (Lipinski definition) is 0. The second-order valence-corrected chi connectivity index (χ2v) is 3.66. The van der Waals surface area contributed by atoms with E-state index in [9.17, 15) is 4.79 Å². The number of nitriles is 1. The van der Waals surface area contributed by atoms with Crippen LogP contribution < -0.4 is 4.74 Å². The molecule has 0 fully saturated rings. The van der Waals surface area contributed by atoms with E-state index in [1.165, 1.54) is 7.11 Å². The summed E-state index contributed by atoms with van der Waals surface area (Å²) < 4.78 is 9.82. The van der Waals surface area contributed by atoms with Crippen LogP contribution in [0.2, 0.25) is 5.02 Å². The van der Waals surface area contributed by atoms with Crippen molar-refractivity contribution in [3.8, 4) is 11.8 Å². The molecule has 0 amide bonds. The number of carbonyl (C=O) groups is 1. The number of rotatable bonds is 4. The quantitative estimate of drug-likeness (QED) is 0.773. The fourth-order valence-corrected chi connectivity index (χ4v) is 1.74. The van der Waals surface area contributed by atoms with Crippen LogP contribution in [0.1, 0.15) is 18.1 Å². The van der Waals surface area contributed by atoms with Crippen molar-refractivity contribution in [1.29, 1.82) is 5.26 Å². The monoisotopic (exact) mass is 253 g/mol. The average Bonchev–Trinajstić information content (AvgIpc) is 2.28. The van der Waals surface area contributed by atoms with Crippen molar-refractivity contribution in [3.05, 3.63) is 28.3 Å². The zero-order valence-electron chi connectivity index (χ0n) is 9.62. The van der Waals surface area contributed by atoms with E-state index in [0.717, 1.165) is 0 Å². The molecule has 0 aromatic heterocycles. The van der Waals surface area contributed by atoms with Gasteiger partial charge in [0, 0.05) is 0 Å². The summed E-state index contributed by atoms with van der Waals surface area (Å²) in [7, 11) is 1.44. The minimum atomic E-state index is -0.349. The van der Waals surface area contributed by atoms with Crippen molar-refractivity contribution in [1.82, 2.24) is 0 Å². The third-order valence-corrected chi connectivity index (χ3v) is 2.36. The van der Waals surface area contributed by atoms with E-state index in [4.69, 9.17) is 26.3 Å². The Bertz CT molecular complexity index is 466. The van der Waals surface area contributed by atoms with Gasteiger partial charge in [-0.05, 0) is 24.6 Å². The lowest BCUT2D eigenvalue weighted by atomic mass is 10.1. The first-order valence-corrected chi connectivity index (χ1v) is 5.42. The second kappa shape index (κ2) is 6.12. The zero-order chi connectivity index (χ0) is 12.8. The highest BCUT2D eigenvalue weighted by molar-refractivity contribution is 6.32. The van der Waals surface area contributed by atoms with Crippen molar-refractivity contribution < 1.29 is 14.3 Å². The summed E-state index contributed by atoms with van der Waals surface area (Å²) >= 11 is 5.95. The molecular formula is C12H12ClNO3. The summed E-state index contributed by atoms with van der Waals surface area (Å²) in [6.45, 7) is 2.06. The van der Waals surface area contributed by atoms with Gasteiger partial charge in [-0.2, -0.15) is 5.26 Å². The molecule has 0 aliphatic heterocycles. The van der Waals surface area contributed by atoms with Crippen LogP contribution in [-0.2, 0) is 16.0 Å². The maximum Gasteiger partial charge on any atom is 0.310 e. The Balaban J connectivity index is 3.00. The highest BCUT2D eigenvalue weighted by Gasteiger charge is 2.12. The third kappa shape index (κ3) is 3.36. The van der Waals surface area contributed by atoms with Gasteiger partial charge >= 0.3 is 5.97 Å². The van der Waals surface area contributed by atoms with E-state index < -0.39 is 0 Å². The van der Waals surface area contributed by atoms with E-state index in [2.05, 4.69) is 0 Å². The summed E-state index contributed by atoms with van der Waals surface area (Å²) in [5, 5.41) is 9.24. The molecule has 4 nitrogen and oxygen atoms in total. The van der Waals surface area contributed by atoms with Crippen LogP contribution in [0.4, 0.5) is 0 Å². The molecule has 0 saturated carbocycles. The molecule has 90 valence electrons. The highest BCUT2D eigenvalue weighted by Crippen LogP contribution is 2.29. The Kier molecular flexibility index (Phi) is 4.80. The lowest BCUT2D eigenvalue weighted by Gasteiger charge is -2.08. The van der Waals surface area contributed by atoms with Crippen molar-refractivity contribution in [3.63, 3.8) is 0 Å². The Hall–Kier alpha value is -1.73. The van der Waals surface area contributed by atoms with Gasteiger partial charge in [-0.25, -0.2) is 0 Å². The normalized spacial score (nSPS) is 9.53. The van der Waals surface area contributed by atoms with Gasteiger partial charge in [-0.1, -0.05) is 11.6 Å². The molecule has 0 bridgehead atoms. The number of ether oxygens (including phenoxy) is 2. The first-order valence-electron chi connectivity index (χ1n) is 5.04. The molecule has 0 aliphatic carbocycles. The van der Waals surface area contributed by atoms with E-state index >= 15 is 0 Å². The van der Waals surface area contributed by atoms with Crippen LogP contribution in [0.25, 0.3) is 0 Å². The van der Waals surface area contributed by atoms with Gasteiger partial charge in [0.1, 0.15) is 6.07 Å². The maximum absolute atomic E-state index is 11.3. The van der Waals surface area contributed by atoms with Gasteiger partial charge in [-0.3, -0.25) is 4.79 Å². The summed E-state index contributed by atoms with van der Waals surface area (Å²) in [5.74, 6) is -0.0283. The SMILES string of the molecule is CCOC(=O)Cc1cc(Cl)c(OC)c(C#N)c1. The smallest absolute Gasteiger partial charge is 0.310 e. The summed E-state index contributed by atoms with van der Waals surface area (Å²) in [4.78, 5) is 11.3. The molecule has 0 radical (unpaired) electrons.